The molecule has 2 aliphatic rings. The van der Waals surface area contributed by atoms with Gasteiger partial charge in [-0.25, -0.2) is 4.99 Å². The molecule has 198 valence electrons. The van der Waals surface area contributed by atoms with E-state index in [2.05, 4.69) is 42.7 Å². The van der Waals surface area contributed by atoms with Gasteiger partial charge < -0.3 is 19.6 Å². The van der Waals surface area contributed by atoms with E-state index < -0.39 is 0 Å². The largest absolute Gasteiger partial charge is 0.497 e. The van der Waals surface area contributed by atoms with Gasteiger partial charge in [-0.1, -0.05) is 25.1 Å². The molecule has 2 aromatic carbocycles. The third-order valence-corrected chi connectivity index (χ3v) is 8.91. The first-order valence-electron chi connectivity index (χ1n) is 12.9. The van der Waals surface area contributed by atoms with E-state index in [1.807, 2.05) is 36.1 Å². The van der Waals surface area contributed by atoms with Crippen LogP contribution in [0.15, 0.2) is 56.2 Å². The van der Waals surface area contributed by atoms with E-state index in [9.17, 15) is 9.90 Å². The number of aliphatic hydroxyl groups excluding tert-OH is 1. The fraction of sp³-hybridized carbons (Fsp3) is 0.429. The molecule has 0 saturated carbocycles. The van der Waals surface area contributed by atoms with Crippen molar-refractivity contribution in [1.29, 1.82) is 0 Å². The van der Waals surface area contributed by atoms with Crippen molar-refractivity contribution in [2.75, 3.05) is 49.7 Å². The number of hydrogen-bond donors (Lipinski definition) is 1. The highest BCUT2D eigenvalue weighted by molar-refractivity contribution is 8.19. The minimum Gasteiger partial charge on any atom is -0.497 e. The Bertz CT molecular complexity index is 1210. The molecule has 2 heterocycles. The van der Waals surface area contributed by atoms with Gasteiger partial charge in [0.2, 0.25) is 0 Å². The Morgan fingerprint density at radius 1 is 1.08 bits per heavy atom. The molecule has 1 saturated heterocycles. The highest BCUT2D eigenvalue weighted by Crippen LogP contribution is 2.51. The first-order chi connectivity index (χ1) is 17.9. The summed E-state index contributed by atoms with van der Waals surface area (Å²) in [6.45, 7) is 11.3. The van der Waals surface area contributed by atoms with Crippen molar-refractivity contribution in [2.45, 2.75) is 45.4 Å². The van der Waals surface area contributed by atoms with Crippen LogP contribution in [0.25, 0.3) is 0 Å². The van der Waals surface area contributed by atoms with E-state index in [1.54, 1.807) is 18.9 Å². The number of fused-ring (bicyclic) bond motifs is 1. The van der Waals surface area contributed by atoms with Crippen molar-refractivity contribution in [3.05, 3.63) is 51.9 Å². The van der Waals surface area contributed by atoms with E-state index in [4.69, 9.17) is 9.73 Å². The van der Waals surface area contributed by atoms with Crippen LogP contribution in [0.1, 0.15) is 39.2 Å². The number of carbonyl (C=O) groups excluding carboxylic acids is 1. The Balaban J connectivity index is 1.70. The van der Waals surface area contributed by atoms with Crippen molar-refractivity contribution < 1.29 is 14.6 Å². The number of nitrogens with zero attached hydrogens (tertiary/aromatic N) is 4. The minimum absolute atomic E-state index is 0.0206. The molecule has 0 radical (unpaired) electrons. The number of anilines is 2. The molecule has 0 unspecified atom stereocenters. The van der Waals surface area contributed by atoms with E-state index >= 15 is 0 Å². The molecule has 37 heavy (non-hydrogen) atoms. The number of amidine groups is 1. The van der Waals surface area contributed by atoms with Crippen LogP contribution >= 0.6 is 23.5 Å². The van der Waals surface area contributed by atoms with Crippen LogP contribution in [-0.4, -0.2) is 61.0 Å². The number of amides is 1. The van der Waals surface area contributed by atoms with Gasteiger partial charge in [0.25, 0.3) is 5.91 Å². The van der Waals surface area contributed by atoms with Gasteiger partial charge in [-0.05, 0) is 74.8 Å². The van der Waals surface area contributed by atoms with Crippen molar-refractivity contribution >= 4 is 51.7 Å². The smallest absolute Gasteiger partial charge is 0.269 e. The fourth-order valence-corrected chi connectivity index (χ4v) is 6.85. The van der Waals surface area contributed by atoms with Crippen LogP contribution in [0, 0.1) is 6.92 Å². The minimum atomic E-state index is 0.0206. The van der Waals surface area contributed by atoms with E-state index in [0.29, 0.717) is 13.1 Å². The quantitative estimate of drug-likeness (QED) is 0.372. The summed E-state index contributed by atoms with van der Waals surface area (Å²) in [4.78, 5) is 26.8. The van der Waals surface area contributed by atoms with Crippen LogP contribution in [0.5, 0.6) is 5.75 Å². The van der Waals surface area contributed by atoms with Gasteiger partial charge in [0, 0.05) is 42.8 Å². The van der Waals surface area contributed by atoms with Gasteiger partial charge >= 0.3 is 0 Å². The molecule has 2 aromatic rings. The second-order valence-electron chi connectivity index (χ2n) is 8.90. The number of thioether (sulfide) groups is 2. The number of unbranched alkanes of at least 4 members (excludes halogenated alkanes) is 1. The van der Waals surface area contributed by atoms with Gasteiger partial charge in [0.1, 0.15) is 15.7 Å². The SMILES string of the molecule is CCCCN1C(=O)/C(=C2/Sc3ccc(OC)cc3N2CC)SC1=Nc1ccc(N(CC)CCO)cc1C. The number of carbonyl (C=O) groups is 1. The standard InChI is InChI=1S/C28H36N4O3S2/c1-6-9-14-32-26(34)25(27-31(8-3)23-18-21(35-5)11-13-24(23)36-27)37-28(32)29-22-12-10-20(17-19(22)4)30(7-2)15-16-33/h10-13,17-18,33H,6-9,14-16H2,1-5H3/b27-25-,29-28?. The zero-order valence-corrected chi connectivity index (χ0v) is 23.9. The maximum absolute atomic E-state index is 13.7. The third-order valence-electron chi connectivity index (χ3n) is 6.53. The molecule has 0 aromatic heterocycles. The van der Waals surface area contributed by atoms with Gasteiger partial charge in [-0.3, -0.25) is 9.69 Å². The lowest BCUT2D eigenvalue weighted by atomic mass is 10.1. The lowest BCUT2D eigenvalue weighted by molar-refractivity contribution is -0.122. The zero-order valence-electron chi connectivity index (χ0n) is 22.3. The average Bonchev–Trinajstić information content (AvgIpc) is 3.42. The molecular formula is C28H36N4O3S2. The van der Waals surface area contributed by atoms with E-state index in [0.717, 1.165) is 74.3 Å². The highest BCUT2D eigenvalue weighted by Gasteiger charge is 2.39. The summed E-state index contributed by atoms with van der Waals surface area (Å²) in [6, 6.07) is 12.2. The summed E-state index contributed by atoms with van der Waals surface area (Å²) in [6.07, 6.45) is 1.92. The Morgan fingerprint density at radius 3 is 2.54 bits per heavy atom. The normalized spacial score (nSPS) is 18.2. The number of aliphatic imine (C=N–C) groups is 1. The van der Waals surface area contributed by atoms with Crippen LogP contribution in [0.3, 0.4) is 0 Å². The summed E-state index contributed by atoms with van der Waals surface area (Å²) >= 11 is 3.11. The number of hydrogen-bond acceptors (Lipinski definition) is 8. The topological polar surface area (TPSA) is 68.6 Å². The number of ether oxygens (including phenoxy) is 1. The molecule has 0 bridgehead atoms. The molecule has 7 nitrogen and oxygen atoms in total. The number of aryl methyl sites for hydroxylation is 1. The summed E-state index contributed by atoms with van der Waals surface area (Å²) in [5.74, 6) is 0.827. The number of benzene rings is 2. The van der Waals surface area contributed by atoms with Gasteiger partial charge in [-0.15, -0.1) is 0 Å². The van der Waals surface area contributed by atoms with Crippen molar-refractivity contribution in [2.24, 2.45) is 4.99 Å². The van der Waals surface area contributed by atoms with Crippen LogP contribution in [0.4, 0.5) is 17.1 Å². The second-order valence-corrected chi connectivity index (χ2v) is 10.9. The van der Waals surface area contributed by atoms with Crippen molar-refractivity contribution in [1.82, 2.24) is 4.90 Å². The van der Waals surface area contributed by atoms with Crippen molar-refractivity contribution in [3.8, 4) is 5.75 Å². The molecule has 0 atom stereocenters. The van der Waals surface area contributed by atoms with E-state index in [-0.39, 0.29) is 12.5 Å². The summed E-state index contributed by atoms with van der Waals surface area (Å²) < 4.78 is 5.45. The molecular weight excluding hydrogens is 504 g/mol. The van der Waals surface area contributed by atoms with Crippen molar-refractivity contribution in [3.63, 3.8) is 0 Å². The van der Waals surface area contributed by atoms with Crippen LogP contribution < -0.4 is 14.5 Å². The maximum atomic E-state index is 13.7. The monoisotopic (exact) mass is 540 g/mol. The molecule has 9 heteroatoms. The van der Waals surface area contributed by atoms with Crippen LogP contribution in [0.2, 0.25) is 0 Å². The number of aliphatic hydroxyl groups is 1. The number of methoxy groups -OCH3 is 1. The predicted molar refractivity (Wildman–Crippen MR) is 156 cm³/mol. The lowest BCUT2D eigenvalue weighted by Gasteiger charge is -2.22. The molecule has 1 N–H and O–H groups in total. The third kappa shape index (κ3) is 5.63. The Kier molecular flexibility index (Phi) is 9.10. The zero-order chi connectivity index (χ0) is 26.5. The first-order valence-corrected chi connectivity index (χ1v) is 14.5. The molecule has 0 aliphatic carbocycles. The Labute approximate surface area is 228 Å². The van der Waals surface area contributed by atoms with Gasteiger partial charge in [0.15, 0.2) is 5.17 Å². The van der Waals surface area contributed by atoms with Gasteiger partial charge in [-0.2, -0.15) is 0 Å². The summed E-state index contributed by atoms with van der Waals surface area (Å²) in [7, 11) is 1.67. The maximum Gasteiger partial charge on any atom is 0.269 e. The first kappa shape index (κ1) is 27.4. The number of rotatable bonds is 10. The fourth-order valence-electron chi connectivity index (χ4n) is 4.46. The Hall–Kier alpha value is -2.62. The summed E-state index contributed by atoms with van der Waals surface area (Å²) in [5, 5.41) is 11.1. The molecule has 0 spiro atoms. The number of likely N-dealkylation sites (N-methyl/N-ethyl adjacent to an activating group) is 1. The molecule has 1 amide bonds. The van der Waals surface area contributed by atoms with Gasteiger partial charge in [0.05, 0.1) is 25.1 Å². The van der Waals surface area contributed by atoms with Crippen LogP contribution in [-0.2, 0) is 4.79 Å². The summed E-state index contributed by atoms with van der Waals surface area (Å²) in [5.41, 5.74) is 4.03. The predicted octanol–water partition coefficient (Wildman–Crippen LogP) is 5.99. The Morgan fingerprint density at radius 2 is 1.89 bits per heavy atom. The van der Waals surface area contributed by atoms with E-state index in [1.165, 1.54) is 11.8 Å². The lowest BCUT2D eigenvalue weighted by Crippen LogP contribution is -2.31. The average molecular weight is 541 g/mol. The second kappa shape index (κ2) is 12.3. The highest BCUT2D eigenvalue weighted by atomic mass is 32.2. The molecule has 1 fully saturated rings. The molecule has 4 rings (SSSR count). The molecule has 2 aliphatic heterocycles.